The number of nitro groups is 2. The summed E-state index contributed by atoms with van der Waals surface area (Å²) >= 11 is 0. The van der Waals surface area contributed by atoms with E-state index in [2.05, 4.69) is 0 Å². The Kier molecular flexibility index (Phi) is 7.81. The maximum atomic E-state index is 12.5. The van der Waals surface area contributed by atoms with Gasteiger partial charge in [-0.15, -0.1) is 0 Å². The van der Waals surface area contributed by atoms with Gasteiger partial charge in [-0.05, 0) is 18.9 Å². The molecule has 0 aliphatic carbocycles. The SMILES string of the molecule is CCCCN(CCCC)C(=O)Cc1ccc([N+](=O)[O-])cc1[N+](=O)[O-]. The molecule has 0 atom stereocenters. The van der Waals surface area contributed by atoms with Crippen molar-refractivity contribution in [2.24, 2.45) is 0 Å². The topological polar surface area (TPSA) is 107 Å². The van der Waals surface area contributed by atoms with E-state index in [1.54, 1.807) is 4.90 Å². The number of hydrogen-bond acceptors (Lipinski definition) is 5. The van der Waals surface area contributed by atoms with Crippen molar-refractivity contribution < 1.29 is 14.6 Å². The quantitative estimate of drug-likeness (QED) is 0.480. The van der Waals surface area contributed by atoms with E-state index in [9.17, 15) is 25.0 Å². The minimum Gasteiger partial charge on any atom is -0.342 e. The van der Waals surface area contributed by atoms with Crippen LogP contribution in [0.5, 0.6) is 0 Å². The second-order valence-electron chi connectivity index (χ2n) is 5.59. The molecule has 0 unspecified atom stereocenters. The van der Waals surface area contributed by atoms with Gasteiger partial charge in [0.25, 0.3) is 11.4 Å². The molecule has 0 radical (unpaired) electrons. The minimum atomic E-state index is -0.687. The first-order valence-electron chi connectivity index (χ1n) is 8.10. The van der Waals surface area contributed by atoms with Crippen molar-refractivity contribution in [1.29, 1.82) is 0 Å². The molecule has 0 N–H and O–H groups in total. The summed E-state index contributed by atoms with van der Waals surface area (Å²) < 4.78 is 0. The number of hydrogen-bond donors (Lipinski definition) is 0. The minimum absolute atomic E-state index is 0.123. The van der Waals surface area contributed by atoms with Gasteiger partial charge in [-0.3, -0.25) is 25.0 Å². The van der Waals surface area contributed by atoms with Crippen LogP contribution in [0.4, 0.5) is 11.4 Å². The Morgan fingerprint density at radius 1 is 1.04 bits per heavy atom. The van der Waals surface area contributed by atoms with Crippen LogP contribution in [-0.2, 0) is 11.2 Å². The first kappa shape index (κ1) is 19.5. The lowest BCUT2D eigenvalue weighted by molar-refractivity contribution is -0.394. The predicted octanol–water partition coefficient (Wildman–Crippen LogP) is 3.47. The van der Waals surface area contributed by atoms with Crippen LogP contribution in [0.15, 0.2) is 18.2 Å². The van der Waals surface area contributed by atoms with E-state index in [-0.39, 0.29) is 29.3 Å². The fourth-order valence-corrected chi connectivity index (χ4v) is 2.32. The van der Waals surface area contributed by atoms with E-state index in [0.717, 1.165) is 31.7 Å². The Balaban J connectivity index is 2.97. The maximum Gasteiger partial charge on any atom is 0.279 e. The Morgan fingerprint density at radius 2 is 1.62 bits per heavy atom. The van der Waals surface area contributed by atoms with Gasteiger partial charge in [0.2, 0.25) is 5.91 Å². The fourth-order valence-electron chi connectivity index (χ4n) is 2.32. The number of unbranched alkanes of at least 4 members (excludes halogenated alkanes) is 2. The van der Waals surface area contributed by atoms with Crippen molar-refractivity contribution in [2.75, 3.05) is 13.1 Å². The summed E-state index contributed by atoms with van der Waals surface area (Å²) in [5.74, 6) is -0.186. The maximum absolute atomic E-state index is 12.5. The molecule has 0 fully saturated rings. The van der Waals surface area contributed by atoms with Crippen molar-refractivity contribution in [1.82, 2.24) is 4.90 Å². The molecule has 1 amide bonds. The zero-order valence-electron chi connectivity index (χ0n) is 14.1. The molecule has 24 heavy (non-hydrogen) atoms. The highest BCUT2D eigenvalue weighted by atomic mass is 16.6. The zero-order valence-corrected chi connectivity index (χ0v) is 14.1. The van der Waals surface area contributed by atoms with Crippen molar-refractivity contribution in [2.45, 2.75) is 46.0 Å². The van der Waals surface area contributed by atoms with E-state index < -0.39 is 9.85 Å². The summed E-state index contributed by atoms with van der Waals surface area (Å²) in [4.78, 5) is 34.7. The molecule has 1 rings (SSSR count). The van der Waals surface area contributed by atoms with Crippen LogP contribution in [0.2, 0.25) is 0 Å². The zero-order chi connectivity index (χ0) is 18.1. The van der Waals surface area contributed by atoms with Crippen LogP contribution >= 0.6 is 0 Å². The predicted molar refractivity (Wildman–Crippen MR) is 89.9 cm³/mol. The van der Waals surface area contributed by atoms with Gasteiger partial charge in [-0.25, -0.2) is 0 Å². The molecule has 0 aliphatic heterocycles. The first-order chi connectivity index (χ1) is 11.4. The van der Waals surface area contributed by atoms with E-state index in [1.165, 1.54) is 12.1 Å². The molecule has 0 aliphatic rings. The molecular weight excluding hydrogens is 314 g/mol. The number of nitrogens with zero attached hydrogens (tertiary/aromatic N) is 3. The van der Waals surface area contributed by atoms with E-state index in [4.69, 9.17) is 0 Å². The van der Waals surface area contributed by atoms with Crippen LogP contribution in [0.3, 0.4) is 0 Å². The molecule has 0 saturated heterocycles. The van der Waals surface area contributed by atoms with Gasteiger partial charge in [0, 0.05) is 24.7 Å². The molecule has 8 nitrogen and oxygen atoms in total. The summed E-state index contributed by atoms with van der Waals surface area (Å²) in [6.07, 6.45) is 3.53. The lowest BCUT2D eigenvalue weighted by Gasteiger charge is -2.22. The molecule has 8 heteroatoms. The van der Waals surface area contributed by atoms with Crippen molar-refractivity contribution in [3.05, 3.63) is 44.0 Å². The van der Waals surface area contributed by atoms with Gasteiger partial charge >= 0.3 is 0 Å². The normalized spacial score (nSPS) is 10.4. The van der Waals surface area contributed by atoms with Gasteiger partial charge in [0.15, 0.2) is 0 Å². The van der Waals surface area contributed by atoms with Gasteiger partial charge in [0.1, 0.15) is 0 Å². The number of benzene rings is 1. The number of non-ortho nitro benzene ring substituents is 1. The molecular formula is C16H23N3O5. The van der Waals surface area contributed by atoms with Gasteiger partial charge < -0.3 is 4.90 Å². The summed E-state index contributed by atoms with van der Waals surface area (Å²) in [7, 11) is 0. The Morgan fingerprint density at radius 3 is 2.08 bits per heavy atom. The summed E-state index contributed by atoms with van der Waals surface area (Å²) in [5, 5.41) is 21.9. The van der Waals surface area contributed by atoms with Crippen molar-refractivity contribution >= 4 is 17.3 Å². The second kappa shape index (κ2) is 9.59. The Bertz CT molecular complexity index is 595. The highest BCUT2D eigenvalue weighted by molar-refractivity contribution is 5.80. The van der Waals surface area contributed by atoms with E-state index >= 15 is 0 Å². The smallest absolute Gasteiger partial charge is 0.279 e. The van der Waals surface area contributed by atoms with Crippen molar-refractivity contribution in [3.63, 3.8) is 0 Å². The Labute approximate surface area is 140 Å². The van der Waals surface area contributed by atoms with Gasteiger partial charge in [0.05, 0.1) is 22.3 Å². The van der Waals surface area contributed by atoms with E-state index in [1.807, 2.05) is 13.8 Å². The third-order valence-corrected chi connectivity index (χ3v) is 3.73. The molecule has 132 valence electrons. The van der Waals surface area contributed by atoms with E-state index in [0.29, 0.717) is 13.1 Å². The third kappa shape index (κ3) is 5.60. The number of nitro benzene ring substituents is 2. The highest BCUT2D eigenvalue weighted by Crippen LogP contribution is 2.25. The molecule has 0 spiro atoms. The number of amides is 1. The molecule has 1 aromatic carbocycles. The molecule has 1 aromatic rings. The van der Waals surface area contributed by atoms with Gasteiger partial charge in [-0.1, -0.05) is 26.7 Å². The lowest BCUT2D eigenvalue weighted by atomic mass is 10.1. The fraction of sp³-hybridized carbons (Fsp3) is 0.562. The molecule has 0 bridgehead atoms. The standard InChI is InChI=1S/C16H23N3O5/c1-3-5-9-17(10-6-4-2)16(20)11-13-7-8-14(18(21)22)12-15(13)19(23)24/h7-8,12H,3-6,9-11H2,1-2H3. The molecule has 0 saturated carbocycles. The average Bonchev–Trinajstić information content (AvgIpc) is 2.54. The number of carbonyl (C=O) groups excluding carboxylic acids is 1. The number of rotatable bonds is 10. The molecule has 0 heterocycles. The van der Waals surface area contributed by atoms with Crippen LogP contribution in [0.1, 0.15) is 45.1 Å². The summed E-state index contributed by atoms with van der Waals surface area (Å²) in [5.41, 5.74) is -0.538. The summed E-state index contributed by atoms with van der Waals surface area (Å²) in [6, 6.07) is 3.40. The second-order valence-corrected chi connectivity index (χ2v) is 5.59. The van der Waals surface area contributed by atoms with Crippen LogP contribution in [0.25, 0.3) is 0 Å². The highest BCUT2D eigenvalue weighted by Gasteiger charge is 2.23. The first-order valence-corrected chi connectivity index (χ1v) is 8.10. The monoisotopic (exact) mass is 337 g/mol. The van der Waals surface area contributed by atoms with Gasteiger partial charge in [-0.2, -0.15) is 0 Å². The van der Waals surface area contributed by atoms with Crippen LogP contribution in [-0.4, -0.2) is 33.7 Å². The third-order valence-electron chi connectivity index (χ3n) is 3.73. The van der Waals surface area contributed by atoms with Crippen LogP contribution in [0, 0.1) is 20.2 Å². The summed E-state index contributed by atoms with van der Waals surface area (Å²) in [6.45, 7) is 5.31. The Hall–Kier alpha value is -2.51. The van der Waals surface area contributed by atoms with Crippen LogP contribution < -0.4 is 0 Å². The van der Waals surface area contributed by atoms with Crippen molar-refractivity contribution in [3.8, 4) is 0 Å². The average molecular weight is 337 g/mol. The number of carbonyl (C=O) groups is 1. The lowest BCUT2D eigenvalue weighted by Crippen LogP contribution is -2.34. The largest absolute Gasteiger partial charge is 0.342 e. The molecule has 0 aromatic heterocycles.